The van der Waals surface area contributed by atoms with Gasteiger partial charge in [-0.3, -0.25) is 4.68 Å². The number of aliphatic hydroxyl groups is 2. The Morgan fingerprint density at radius 1 is 1.03 bits per heavy atom. The number of rotatable bonds is 3. The van der Waals surface area contributed by atoms with Crippen LogP contribution in [0.4, 0.5) is 0 Å². The predicted octanol–water partition coefficient (Wildman–Crippen LogP) is 5.31. The molecule has 0 bridgehead atoms. The van der Waals surface area contributed by atoms with Gasteiger partial charge in [0, 0.05) is 6.20 Å². The van der Waals surface area contributed by atoms with Gasteiger partial charge in [-0.15, -0.1) is 0 Å². The van der Waals surface area contributed by atoms with Gasteiger partial charge in [-0.2, -0.15) is 10.4 Å². The van der Waals surface area contributed by atoms with Crippen LogP contribution in [-0.4, -0.2) is 31.2 Å². The lowest BCUT2D eigenvalue weighted by Crippen LogP contribution is -2.54. The largest absolute Gasteiger partial charge is 0.390 e. The maximum atomic E-state index is 11.7. The van der Waals surface area contributed by atoms with E-state index in [2.05, 4.69) is 25.0 Å². The molecule has 2 N–H and O–H groups in total. The zero-order valence-electron chi connectivity index (χ0n) is 21.1. The average Bonchev–Trinajstić information content (AvgIpc) is 3.32. The van der Waals surface area contributed by atoms with E-state index in [-0.39, 0.29) is 11.3 Å². The first-order valence-electron chi connectivity index (χ1n) is 13.4. The van der Waals surface area contributed by atoms with Crippen molar-refractivity contribution in [2.45, 2.75) is 110 Å². The normalized spacial score (nSPS) is 46.9. The minimum atomic E-state index is -0.836. The van der Waals surface area contributed by atoms with Gasteiger partial charge in [0.1, 0.15) is 6.07 Å². The molecule has 1 aromatic rings. The maximum Gasteiger partial charge on any atom is 0.102 e. The molecule has 0 saturated heterocycles. The lowest BCUT2D eigenvalue weighted by molar-refractivity contribution is -0.131. The highest BCUT2D eigenvalue weighted by molar-refractivity contribution is 5.22. The van der Waals surface area contributed by atoms with Gasteiger partial charge in [0.25, 0.3) is 0 Å². The number of nitriles is 1. The van der Waals surface area contributed by atoms with E-state index in [4.69, 9.17) is 5.26 Å². The van der Waals surface area contributed by atoms with E-state index >= 15 is 0 Å². The van der Waals surface area contributed by atoms with E-state index in [1.165, 1.54) is 38.5 Å². The SMILES string of the molecule is C[C@]1(O)CC[C@@H]2CC[C@@H]3[C@H](CC[C@@]4(C)[C@H]3CC[C@@H]4[C@@](C)(O)Cn3cc(C#N)cn3)[C@@]2(C)CC1. The third-order valence-corrected chi connectivity index (χ3v) is 11.3. The Bertz CT molecular complexity index is 930. The molecule has 4 aliphatic carbocycles. The van der Waals surface area contributed by atoms with Crippen molar-refractivity contribution in [3.8, 4) is 6.07 Å². The molecule has 33 heavy (non-hydrogen) atoms. The smallest absolute Gasteiger partial charge is 0.102 e. The van der Waals surface area contributed by atoms with Crippen LogP contribution in [0.5, 0.6) is 0 Å². The summed E-state index contributed by atoms with van der Waals surface area (Å²) < 4.78 is 1.75. The minimum absolute atomic E-state index is 0.162. The van der Waals surface area contributed by atoms with Gasteiger partial charge >= 0.3 is 0 Å². The molecule has 0 radical (unpaired) electrons. The molecule has 5 heteroatoms. The van der Waals surface area contributed by atoms with Gasteiger partial charge in [-0.25, -0.2) is 0 Å². The van der Waals surface area contributed by atoms with Gasteiger partial charge in [0.2, 0.25) is 0 Å². The Balaban J connectivity index is 1.37. The maximum absolute atomic E-state index is 11.7. The van der Waals surface area contributed by atoms with Crippen LogP contribution in [0.2, 0.25) is 0 Å². The first kappa shape index (κ1) is 23.4. The van der Waals surface area contributed by atoms with Crippen LogP contribution in [0, 0.1) is 51.8 Å². The molecule has 1 aromatic heterocycles. The van der Waals surface area contributed by atoms with Crippen LogP contribution in [-0.2, 0) is 6.54 Å². The molecule has 4 aliphatic rings. The Labute approximate surface area is 199 Å². The molecule has 0 aliphatic heterocycles. The highest BCUT2D eigenvalue weighted by Crippen LogP contribution is 2.68. The van der Waals surface area contributed by atoms with Gasteiger partial charge in [0.15, 0.2) is 0 Å². The number of fused-ring (bicyclic) bond motifs is 5. The van der Waals surface area contributed by atoms with Crippen LogP contribution in [0.3, 0.4) is 0 Å². The lowest BCUT2D eigenvalue weighted by atomic mass is 9.45. The number of hydrogen-bond acceptors (Lipinski definition) is 4. The van der Waals surface area contributed by atoms with Gasteiger partial charge in [-0.1, -0.05) is 13.8 Å². The standard InChI is InChI=1S/C28H43N3O2/c1-25(32)11-9-20-5-6-21-22-7-8-24(28(4,33)18-31-17-19(15-29)16-30-31)27(22,3)12-10-23(21)26(20,2)14-13-25/h16-17,20-24,32-33H,5-14,18H2,1-4H3/t20-,21-,22-,23-,24-,25-,26-,27-,28-/m0/s1. The number of nitrogens with zero attached hydrogens (tertiary/aromatic N) is 3. The summed E-state index contributed by atoms with van der Waals surface area (Å²) in [5.41, 5.74) is -0.261. The van der Waals surface area contributed by atoms with Crippen molar-refractivity contribution in [3.63, 3.8) is 0 Å². The van der Waals surface area contributed by atoms with Crippen molar-refractivity contribution in [1.29, 1.82) is 5.26 Å². The van der Waals surface area contributed by atoms with Crippen LogP contribution in [0.15, 0.2) is 12.4 Å². The molecule has 9 atom stereocenters. The molecular formula is C28H43N3O2. The Morgan fingerprint density at radius 2 is 1.79 bits per heavy atom. The van der Waals surface area contributed by atoms with E-state index in [9.17, 15) is 10.2 Å². The number of hydrogen-bond donors (Lipinski definition) is 2. The van der Waals surface area contributed by atoms with Crippen molar-refractivity contribution in [1.82, 2.24) is 9.78 Å². The average molecular weight is 454 g/mol. The van der Waals surface area contributed by atoms with Crippen LogP contribution >= 0.6 is 0 Å². The van der Waals surface area contributed by atoms with Crippen molar-refractivity contribution < 1.29 is 10.2 Å². The molecule has 4 saturated carbocycles. The van der Waals surface area contributed by atoms with Crippen LogP contribution in [0.25, 0.3) is 0 Å². The van der Waals surface area contributed by atoms with E-state index in [1.54, 1.807) is 17.1 Å². The third kappa shape index (κ3) is 3.76. The topological polar surface area (TPSA) is 82.1 Å². The zero-order valence-corrected chi connectivity index (χ0v) is 21.1. The van der Waals surface area contributed by atoms with Crippen molar-refractivity contribution in [2.75, 3.05) is 0 Å². The lowest BCUT2D eigenvalue weighted by Gasteiger charge is -2.60. The fourth-order valence-corrected chi connectivity index (χ4v) is 9.51. The summed E-state index contributed by atoms with van der Waals surface area (Å²) >= 11 is 0. The van der Waals surface area contributed by atoms with Crippen LogP contribution in [0.1, 0.15) is 97.5 Å². The van der Waals surface area contributed by atoms with Crippen molar-refractivity contribution in [2.24, 2.45) is 40.4 Å². The zero-order chi connectivity index (χ0) is 23.6. The highest BCUT2D eigenvalue weighted by atomic mass is 16.3. The van der Waals surface area contributed by atoms with Gasteiger partial charge in [0.05, 0.1) is 29.5 Å². The first-order chi connectivity index (χ1) is 15.5. The monoisotopic (exact) mass is 453 g/mol. The Hall–Kier alpha value is -1.38. The summed E-state index contributed by atoms with van der Waals surface area (Å²) in [4.78, 5) is 0. The fraction of sp³-hybridized carbons (Fsp3) is 0.857. The third-order valence-electron chi connectivity index (χ3n) is 11.3. The molecule has 0 unspecified atom stereocenters. The fourth-order valence-electron chi connectivity index (χ4n) is 9.51. The molecule has 0 aromatic carbocycles. The summed E-state index contributed by atoms with van der Waals surface area (Å²) in [6.45, 7) is 9.52. The molecule has 0 spiro atoms. The van der Waals surface area contributed by atoms with E-state index < -0.39 is 11.2 Å². The quantitative estimate of drug-likeness (QED) is 0.650. The summed E-state index contributed by atoms with van der Waals surface area (Å²) in [5.74, 6) is 3.21. The highest BCUT2D eigenvalue weighted by Gasteiger charge is 2.62. The molecule has 0 amide bonds. The Morgan fingerprint density at radius 3 is 2.52 bits per heavy atom. The van der Waals surface area contributed by atoms with Crippen molar-refractivity contribution >= 4 is 0 Å². The molecule has 5 rings (SSSR count). The molecule has 1 heterocycles. The second-order valence-corrected chi connectivity index (χ2v) is 13.3. The predicted molar refractivity (Wildman–Crippen MR) is 128 cm³/mol. The first-order valence-corrected chi connectivity index (χ1v) is 13.4. The summed E-state index contributed by atoms with van der Waals surface area (Å²) in [5, 5.41) is 36.0. The summed E-state index contributed by atoms with van der Waals surface area (Å²) in [6, 6.07) is 2.14. The summed E-state index contributed by atoms with van der Waals surface area (Å²) in [6.07, 6.45) is 15.0. The van der Waals surface area contributed by atoms with Crippen molar-refractivity contribution in [3.05, 3.63) is 18.0 Å². The molecular weight excluding hydrogens is 410 g/mol. The molecule has 5 nitrogen and oxygen atoms in total. The van der Waals surface area contributed by atoms with E-state index in [1.807, 2.05) is 13.8 Å². The van der Waals surface area contributed by atoms with Crippen LogP contribution < -0.4 is 0 Å². The van der Waals surface area contributed by atoms with E-state index in [0.29, 0.717) is 23.4 Å². The minimum Gasteiger partial charge on any atom is -0.390 e. The Kier molecular flexibility index (Phi) is 5.54. The second kappa shape index (κ2) is 7.82. The van der Waals surface area contributed by atoms with Gasteiger partial charge in [-0.05, 0) is 118 Å². The summed E-state index contributed by atoms with van der Waals surface area (Å²) in [7, 11) is 0. The molecule has 4 fully saturated rings. The second-order valence-electron chi connectivity index (χ2n) is 13.3. The van der Waals surface area contributed by atoms with Gasteiger partial charge < -0.3 is 10.2 Å². The molecule has 182 valence electrons. The van der Waals surface area contributed by atoms with E-state index in [0.717, 1.165) is 43.4 Å². The number of aromatic nitrogens is 2.